The van der Waals surface area contributed by atoms with Crippen molar-refractivity contribution in [3.63, 3.8) is 0 Å². The summed E-state index contributed by atoms with van der Waals surface area (Å²) in [5.41, 5.74) is 8.34. The fourth-order valence-electron chi connectivity index (χ4n) is 5.76. The number of methoxy groups -OCH3 is 1. The Hall–Kier alpha value is -3.42. The third-order valence-electron chi connectivity index (χ3n) is 7.91. The van der Waals surface area contributed by atoms with Gasteiger partial charge in [-0.25, -0.2) is 0 Å². The summed E-state index contributed by atoms with van der Waals surface area (Å²) in [5, 5.41) is 15.0. The zero-order chi connectivity index (χ0) is 29.1. The van der Waals surface area contributed by atoms with Crippen LogP contribution in [0.15, 0.2) is 77.9 Å². The number of aliphatic hydroxyl groups excluding tert-OH is 1. The molecule has 1 aliphatic carbocycles. The topological polar surface area (TPSA) is 105 Å². The Morgan fingerprint density at radius 3 is 2.35 bits per heavy atom. The van der Waals surface area contributed by atoms with E-state index in [1.165, 1.54) is 0 Å². The highest BCUT2D eigenvalue weighted by molar-refractivity contribution is 5.97. The van der Waals surface area contributed by atoms with Crippen molar-refractivity contribution in [1.82, 2.24) is 10.2 Å². The second kappa shape index (κ2) is 14.8. The maximum absolute atomic E-state index is 13.6. The number of rotatable bonds is 15. The molecule has 2 amide bonds. The van der Waals surface area contributed by atoms with Gasteiger partial charge in [-0.3, -0.25) is 9.59 Å². The molecule has 1 aliphatic rings. The third-order valence-corrected chi connectivity index (χ3v) is 7.91. The van der Waals surface area contributed by atoms with Crippen molar-refractivity contribution in [2.75, 3.05) is 26.7 Å². The minimum Gasteiger partial charge on any atom is -0.497 e. The molecule has 0 radical (unpaired) electrons. The predicted octanol–water partition coefficient (Wildman–Crippen LogP) is 4.40. The molecule has 0 saturated carbocycles. The molecule has 0 heterocycles. The van der Waals surface area contributed by atoms with E-state index in [2.05, 4.69) is 5.32 Å². The fourth-order valence-corrected chi connectivity index (χ4v) is 5.76. The van der Waals surface area contributed by atoms with Crippen molar-refractivity contribution in [2.24, 2.45) is 17.1 Å². The van der Waals surface area contributed by atoms with Crippen LogP contribution in [0.25, 0.3) is 0 Å². The molecule has 0 fully saturated rings. The van der Waals surface area contributed by atoms with Crippen LogP contribution in [0.5, 0.6) is 5.75 Å². The second-order valence-electron chi connectivity index (χ2n) is 10.7. The van der Waals surface area contributed by atoms with Crippen LogP contribution in [0.3, 0.4) is 0 Å². The lowest BCUT2D eigenvalue weighted by atomic mass is 9.60. The van der Waals surface area contributed by atoms with Crippen molar-refractivity contribution in [3.05, 3.63) is 89.0 Å². The highest BCUT2D eigenvalue weighted by atomic mass is 16.5. The highest BCUT2D eigenvalue weighted by Gasteiger charge is 2.50. The van der Waals surface area contributed by atoms with E-state index in [9.17, 15) is 14.7 Å². The number of ether oxygens (including phenoxy) is 1. The minimum atomic E-state index is -1.21. The van der Waals surface area contributed by atoms with Crippen LogP contribution in [0, 0.1) is 11.3 Å². The molecule has 0 aliphatic heterocycles. The Bertz CT molecular complexity index is 1190. The quantitative estimate of drug-likeness (QED) is 0.307. The number of carbonyl (C=O) groups excluding carboxylic acids is 2. The van der Waals surface area contributed by atoms with E-state index >= 15 is 0 Å². The van der Waals surface area contributed by atoms with Gasteiger partial charge in [0.25, 0.3) is 0 Å². The Morgan fingerprint density at radius 2 is 1.73 bits per heavy atom. The maximum Gasteiger partial charge on any atom is 0.249 e. The Labute approximate surface area is 239 Å². The molecule has 3 atom stereocenters. The SMILES string of the molecule is CCCN(CCC)C(=O)C1=CC=C(C)C(C(N)=O)([C@H](Cc2ccccc2)[C@@H](O)CNCc2cccc(OC)c2)C1. The molecule has 0 bridgehead atoms. The van der Waals surface area contributed by atoms with Crippen molar-refractivity contribution in [1.29, 1.82) is 0 Å². The maximum atomic E-state index is 13.6. The summed E-state index contributed by atoms with van der Waals surface area (Å²) in [6, 6.07) is 17.6. The molecule has 216 valence electrons. The first-order valence-electron chi connectivity index (χ1n) is 14.3. The van der Waals surface area contributed by atoms with E-state index in [4.69, 9.17) is 10.5 Å². The lowest BCUT2D eigenvalue weighted by Gasteiger charge is -2.44. The van der Waals surface area contributed by atoms with E-state index in [1.807, 2.05) is 92.4 Å². The van der Waals surface area contributed by atoms with Crippen LogP contribution in [0.2, 0.25) is 0 Å². The van der Waals surface area contributed by atoms with Gasteiger partial charge in [-0.2, -0.15) is 0 Å². The standard InChI is InChI=1S/C33H45N3O4/c1-5-17-36(18-6-2)31(38)27-16-15-24(3)33(21-27,32(34)39)29(20-25-11-8-7-9-12-25)30(37)23-35-22-26-13-10-14-28(19-26)40-4/h7-16,19,29-30,35,37H,5-6,17-18,20-23H2,1-4H3,(H2,34,39)/t29-,30+,33?/m1/s1. The molecule has 2 aromatic carbocycles. The number of nitrogens with zero attached hydrogens (tertiary/aromatic N) is 1. The Kier molecular flexibility index (Phi) is 11.5. The van der Waals surface area contributed by atoms with Crippen molar-refractivity contribution < 1.29 is 19.4 Å². The molecule has 7 heteroatoms. The molecular weight excluding hydrogens is 502 g/mol. The van der Waals surface area contributed by atoms with E-state index in [-0.39, 0.29) is 18.9 Å². The molecule has 1 unspecified atom stereocenters. The third kappa shape index (κ3) is 7.40. The van der Waals surface area contributed by atoms with Gasteiger partial charge < -0.3 is 25.8 Å². The van der Waals surface area contributed by atoms with E-state index in [1.54, 1.807) is 7.11 Å². The number of benzene rings is 2. The van der Waals surface area contributed by atoms with Crippen LogP contribution in [0.1, 0.15) is 51.2 Å². The summed E-state index contributed by atoms with van der Waals surface area (Å²) in [5.74, 6) is -0.377. The summed E-state index contributed by atoms with van der Waals surface area (Å²) in [6.07, 6.45) is 5.06. The van der Waals surface area contributed by atoms with Gasteiger partial charge >= 0.3 is 0 Å². The van der Waals surface area contributed by atoms with Crippen molar-refractivity contribution in [3.8, 4) is 5.75 Å². The monoisotopic (exact) mass is 547 g/mol. The molecule has 2 aromatic rings. The lowest BCUT2D eigenvalue weighted by Crippen LogP contribution is -2.53. The van der Waals surface area contributed by atoms with Crippen molar-refractivity contribution >= 4 is 11.8 Å². The molecular formula is C33H45N3O4. The zero-order valence-electron chi connectivity index (χ0n) is 24.4. The molecule has 0 saturated heterocycles. The van der Waals surface area contributed by atoms with Gasteiger partial charge in [-0.05, 0) is 55.9 Å². The zero-order valence-corrected chi connectivity index (χ0v) is 24.4. The number of hydrogen-bond acceptors (Lipinski definition) is 5. The van der Waals surface area contributed by atoms with Crippen molar-refractivity contribution in [2.45, 2.75) is 59.1 Å². The van der Waals surface area contributed by atoms with Crippen LogP contribution in [0.4, 0.5) is 0 Å². The molecule has 3 rings (SSSR count). The summed E-state index contributed by atoms with van der Waals surface area (Å²) >= 11 is 0. The number of amides is 2. The summed E-state index contributed by atoms with van der Waals surface area (Å²) in [4.78, 5) is 28.9. The number of allylic oxidation sites excluding steroid dienone is 2. The lowest BCUT2D eigenvalue weighted by molar-refractivity contribution is -0.132. The summed E-state index contributed by atoms with van der Waals surface area (Å²) in [6.45, 7) is 8.06. The van der Waals surface area contributed by atoms with Crippen LogP contribution >= 0.6 is 0 Å². The second-order valence-corrected chi connectivity index (χ2v) is 10.7. The molecule has 0 spiro atoms. The van der Waals surface area contributed by atoms with Gasteiger partial charge in [0.1, 0.15) is 5.75 Å². The summed E-state index contributed by atoms with van der Waals surface area (Å²) < 4.78 is 5.32. The smallest absolute Gasteiger partial charge is 0.249 e. The minimum absolute atomic E-state index is 0.0674. The first-order valence-corrected chi connectivity index (χ1v) is 14.3. The fraction of sp³-hybridized carbons (Fsp3) is 0.455. The van der Waals surface area contributed by atoms with E-state index in [0.29, 0.717) is 31.6 Å². The number of carbonyl (C=O) groups is 2. The molecule has 7 nitrogen and oxygen atoms in total. The van der Waals surface area contributed by atoms with Crippen LogP contribution in [-0.2, 0) is 22.6 Å². The molecule has 0 aromatic heterocycles. The normalized spacial score (nSPS) is 18.3. The van der Waals surface area contributed by atoms with Gasteiger partial charge in [0, 0.05) is 37.7 Å². The highest BCUT2D eigenvalue weighted by Crippen LogP contribution is 2.47. The van der Waals surface area contributed by atoms with E-state index in [0.717, 1.165) is 35.3 Å². The number of primary amides is 1. The van der Waals surface area contributed by atoms with Gasteiger partial charge in [0.05, 0.1) is 18.6 Å². The molecule has 40 heavy (non-hydrogen) atoms. The average Bonchev–Trinajstić information content (AvgIpc) is 2.96. The first kappa shape index (κ1) is 31.1. The average molecular weight is 548 g/mol. The largest absolute Gasteiger partial charge is 0.497 e. The van der Waals surface area contributed by atoms with Gasteiger partial charge in [-0.1, -0.05) is 74.0 Å². The first-order chi connectivity index (χ1) is 19.3. The Balaban J connectivity index is 1.92. The Morgan fingerprint density at radius 1 is 1.05 bits per heavy atom. The number of nitrogens with one attached hydrogen (secondary N) is 1. The predicted molar refractivity (Wildman–Crippen MR) is 160 cm³/mol. The molecule has 4 N–H and O–H groups in total. The number of hydrogen-bond donors (Lipinski definition) is 3. The van der Waals surface area contributed by atoms with Gasteiger partial charge in [-0.15, -0.1) is 0 Å². The van der Waals surface area contributed by atoms with Gasteiger partial charge in [0.15, 0.2) is 0 Å². The number of nitrogens with two attached hydrogens (primary N) is 1. The van der Waals surface area contributed by atoms with Crippen LogP contribution < -0.4 is 15.8 Å². The summed E-state index contributed by atoms with van der Waals surface area (Å²) in [7, 11) is 1.63. The van der Waals surface area contributed by atoms with Crippen LogP contribution in [-0.4, -0.2) is 54.7 Å². The van der Waals surface area contributed by atoms with E-state index < -0.39 is 23.3 Å². The van der Waals surface area contributed by atoms with Gasteiger partial charge in [0.2, 0.25) is 11.8 Å². The number of aliphatic hydroxyl groups is 1.